The summed E-state index contributed by atoms with van der Waals surface area (Å²) < 4.78 is 6.38. The molecule has 9 heteroatoms. The number of amides is 3. The van der Waals surface area contributed by atoms with E-state index in [1.165, 1.54) is 6.08 Å². The number of nitrogens with one attached hydrogen (secondary N) is 3. The van der Waals surface area contributed by atoms with Gasteiger partial charge in [-0.3, -0.25) is 14.4 Å². The monoisotopic (exact) mass is 492 g/mol. The van der Waals surface area contributed by atoms with Gasteiger partial charge >= 0.3 is 11.8 Å². The third-order valence-corrected chi connectivity index (χ3v) is 4.63. The Kier molecular flexibility index (Phi) is 7.56. The van der Waals surface area contributed by atoms with E-state index in [0.29, 0.717) is 17.1 Å². The van der Waals surface area contributed by atoms with Crippen molar-refractivity contribution in [1.82, 2.24) is 5.32 Å². The highest BCUT2D eigenvalue weighted by Gasteiger charge is 2.15. The fourth-order valence-corrected chi connectivity index (χ4v) is 2.81. The summed E-state index contributed by atoms with van der Waals surface area (Å²) in [5, 5.41) is 16.9. The van der Waals surface area contributed by atoms with Crippen LogP contribution in [0.2, 0.25) is 0 Å². The Hall–Kier alpha value is -4.16. The van der Waals surface area contributed by atoms with E-state index in [1.807, 2.05) is 6.07 Å². The van der Waals surface area contributed by atoms with E-state index < -0.39 is 17.7 Å². The number of anilines is 2. The number of hydrogen-bond donors (Lipinski definition) is 3. The lowest BCUT2D eigenvalue weighted by Gasteiger charge is -2.05. The third kappa shape index (κ3) is 6.42. The number of benzene rings is 2. The number of nitrogens with zero attached hydrogens (tertiary/aromatic N) is 1. The number of carbonyl (C=O) groups excluding carboxylic acids is 3. The Morgan fingerprint density at radius 3 is 2.22 bits per heavy atom. The first-order valence-electron chi connectivity index (χ1n) is 9.36. The van der Waals surface area contributed by atoms with Crippen molar-refractivity contribution in [2.24, 2.45) is 0 Å². The summed E-state index contributed by atoms with van der Waals surface area (Å²) in [4.78, 5) is 36.2. The van der Waals surface area contributed by atoms with E-state index >= 15 is 0 Å². The second-order valence-electron chi connectivity index (χ2n) is 6.44. The van der Waals surface area contributed by atoms with Crippen molar-refractivity contribution in [3.05, 3.63) is 88.3 Å². The molecular formula is C23H17BrN4O4. The first-order valence-corrected chi connectivity index (χ1v) is 10.2. The summed E-state index contributed by atoms with van der Waals surface area (Å²) in [7, 11) is 0. The van der Waals surface area contributed by atoms with Crippen LogP contribution in [0.25, 0.3) is 6.08 Å². The number of para-hydroxylation sites is 1. The highest BCUT2D eigenvalue weighted by Crippen LogP contribution is 2.16. The van der Waals surface area contributed by atoms with Crippen LogP contribution in [-0.4, -0.2) is 17.7 Å². The Balaban J connectivity index is 1.56. The Labute approximate surface area is 192 Å². The van der Waals surface area contributed by atoms with Crippen molar-refractivity contribution in [2.75, 3.05) is 10.6 Å². The topological polar surface area (TPSA) is 124 Å². The molecule has 0 fully saturated rings. The molecule has 3 amide bonds. The molecule has 3 N–H and O–H groups in total. The molecule has 160 valence electrons. The van der Waals surface area contributed by atoms with E-state index in [-0.39, 0.29) is 17.9 Å². The predicted octanol–water partition coefficient (Wildman–Crippen LogP) is 3.84. The van der Waals surface area contributed by atoms with Crippen LogP contribution in [0.5, 0.6) is 0 Å². The molecule has 0 spiro atoms. The van der Waals surface area contributed by atoms with Gasteiger partial charge in [0.1, 0.15) is 23.2 Å². The van der Waals surface area contributed by atoms with Gasteiger partial charge in [0, 0.05) is 21.9 Å². The SMILES string of the molecule is N#C/C(=C/c1ccc(CNC(=O)C(=O)Nc2ccccc2)o1)C(=O)Nc1ccc(Br)cc1. The van der Waals surface area contributed by atoms with Crippen molar-refractivity contribution in [3.63, 3.8) is 0 Å². The van der Waals surface area contributed by atoms with Crippen molar-refractivity contribution in [3.8, 4) is 6.07 Å². The molecule has 0 aliphatic heterocycles. The van der Waals surface area contributed by atoms with Crippen LogP contribution in [0, 0.1) is 11.3 Å². The maximum Gasteiger partial charge on any atom is 0.313 e. The van der Waals surface area contributed by atoms with Crippen LogP contribution in [0.3, 0.4) is 0 Å². The second kappa shape index (κ2) is 10.7. The van der Waals surface area contributed by atoms with Crippen molar-refractivity contribution in [1.29, 1.82) is 5.26 Å². The molecule has 0 bridgehead atoms. The van der Waals surface area contributed by atoms with Gasteiger partial charge in [0.05, 0.1) is 6.54 Å². The van der Waals surface area contributed by atoms with E-state index in [2.05, 4.69) is 31.9 Å². The highest BCUT2D eigenvalue weighted by atomic mass is 79.9. The third-order valence-electron chi connectivity index (χ3n) is 4.10. The lowest BCUT2D eigenvalue weighted by Crippen LogP contribution is -2.34. The molecule has 0 aliphatic rings. The molecule has 0 saturated carbocycles. The average Bonchev–Trinajstić information content (AvgIpc) is 3.25. The molecule has 3 aromatic rings. The number of hydrogen-bond acceptors (Lipinski definition) is 5. The molecule has 1 aromatic heterocycles. The fourth-order valence-electron chi connectivity index (χ4n) is 2.55. The summed E-state index contributed by atoms with van der Waals surface area (Å²) in [6, 6.07) is 20.5. The molecule has 2 aromatic carbocycles. The summed E-state index contributed by atoms with van der Waals surface area (Å²) in [5.74, 6) is -1.61. The highest BCUT2D eigenvalue weighted by molar-refractivity contribution is 9.10. The Bertz CT molecular complexity index is 1190. The minimum absolute atomic E-state index is 0.0398. The van der Waals surface area contributed by atoms with Gasteiger partial charge in [0.15, 0.2) is 0 Å². The summed E-state index contributed by atoms with van der Waals surface area (Å²) >= 11 is 3.31. The molecule has 0 unspecified atom stereocenters. The van der Waals surface area contributed by atoms with Crippen LogP contribution in [0.15, 0.2) is 81.2 Å². The van der Waals surface area contributed by atoms with E-state index in [1.54, 1.807) is 66.7 Å². The predicted molar refractivity (Wildman–Crippen MR) is 122 cm³/mol. The van der Waals surface area contributed by atoms with Gasteiger partial charge in [-0.15, -0.1) is 0 Å². The first kappa shape index (κ1) is 22.5. The van der Waals surface area contributed by atoms with Crippen LogP contribution < -0.4 is 16.0 Å². The summed E-state index contributed by atoms with van der Waals surface area (Å²) in [5.41, 5.74) is 0.889. The zero-order valence-corrected chi connectivity index (χ0v) is 18.2. The molecule has 0 radical (unpaired) electrons. The normalized spacial score (nSPS) is 10.7. The summed E-state index contributed by atoms with van der Waals surface area (Å²) in [6.45, 7) is -0.0398. The Morgan fingerprint density at radius 1 is 0.875 bits per heavy atom. The minimum Gasteiger partial charge on any atom is -0.460 e. The lowest BCUT2D eigenvalue weighted by molar-refractivity contribution is -0.136. The van der Waals surface area contributed by atoms with Crippen molar-refractivity contribution >= 4 is 51.1 Å². The van der Waals surface area contributed by atoms with Gasteiger partial charge in [-0.1, -0.05) is 34.1 Å². The summed E-state index contributed by atoms with van der Waals surface area (Å²) in [6.07, 6.45) is 1.29. The van der Waals surface area contributed by atoms with Crippen LogP contribution in [-0.2, 0) is 20.9 Å². The smallest absolute Gasteiger partial charge is 0.313 e. The van der Waals surface area contributed by atoms with Gasteiger partial charge in [0.2, 0.25) is 0 Å². The molecule has 8 nitrogen and oxygen atoms in total. The van der Waals surface area contributed by atoms with Crippen LogP contribution in [0.1, 0.15) is 11.5 Å². The average molecular weight is 493 g/mol. The standard InChI is InChI=1S/C23H17BrN4O4/c24-16-6-8-18(9-7-16)27-21(29)15(13-25)12-19-10-11-20(32-19)14-26-22(30)23(31)28-17-4-2-1-3-5-17/h1-12H,14H2,(H,26,30)(H,27,29)(H,28,31)/b15-12-. The molecule has 3 rings (SSSR count). The van der Waals surface area contributed by atoms with Gasteiger partial charge in [-0.05, 0) is 48.5 Å². The van der Waals surface area contributed by atoms with E-state index in [9.17, 15) is 19.6 Å². The molecule has 0 atom stereocenters. The van der Waals surface area contributed by atoms with Crippen LogP contribution >= 0.6 is 15.9 Å². The number of nitriles is 1. The number of halogens is 1. The molecule has 32 heavy (non-hydrogen) atoms. The van der Waals surface area contributed by atoms with Gasteiger partial charge in [-0.2, -0.15) is 5.26 Å². The fraction of sp³-hybridized carbons (Fsp3) is 0.0435. The van der Waals surface area contributed by atoms with E-state index in [4.69, 9.17) is 4.42 Å². The number of carbonyl (C=O) groups is 3. The minimum atomic E-state index is -0.825. The zero-order chi connectivity index (χ0) is 22.9. The molecule has 1 heterocycles. The number of furan rings is 1. The van der Waals surface area contributed by atoms with Crippen molar-refractivity contribution < 1.29 is 18.8 Å². The Morgan fingerprint density at radius 2 is 1.53 bits per heavy atom. The first-order chi connectivity index (χ1) is 15.4. The van der Waals surface area contributed by atoms with Crippen LogP contribution in [0.4, 0.5) is 11.4 Å². The van der Waals surface area contributed by atoms with Gasteiger partial charge in [-0.25, -0.2) is 0 Å². The lowest BCUT2D eigenvalue weighted by atomic mass is 10.2. The van der Waals surface area contributed by atoms with E-state index in [0.717, 1.165) is 4.47 Å². The zero-order valence-electron chi connectivity index (χ0n) is 16.6. The second-order valence-corrected chi connectivity index (χ2v) is 7.35. The maximum absolute atomic E-state index is 12.3. The molecule has 0 aliphatic carbocycles. The largest absolute Gasteiger partial charge is 0.460 e. The molecule has 0 saturated heterocycles. The molecular weight excluding hydrogens is 476 g/mol. The quantitative estimate of drug-likeness (QED) is 0.274. The van der Waals surface area contributed by atoms with Crippen molar-refractivity contribution in [2.45, 2.75) is 6.54 Å². The number of rotatable bonds is 6. The van der Waals surface area contributed by atoms with Gasteiger partial charge < -0.3 is 20.4 Å². The maximum atomic E-state index is 12.3. The van der Waals surface area contributed by atoms with Gasteiger partial charge in [0.25, 0.3) is 5.91 Å².